The molecule has 0 rings (SSSR count). The second-order valence-electron chi connectivity index (χ2n) is 7.53. The average Bonchev–Trinajstić information content (AvgIpc) is 2.70. The molecule has 0 heterocycles. The minimum atomic E-state index is -0.364. The van der Waals surface area contributed by atoms with Crippen LogP contribution in [0.4, 0.5) is 0 Å². The molecule has 0 radical (unpaired) electrons. The Morgan fingerprint density at radius 1 is 0.750 bits per heavy atom. The quantitative estimate of drug-likeness (QED) is 0.0911. The fourth-order valence-corrected chi connectivity index (χ4v) is 2.88. The van der Waals surface area contributed by atoms with Crippen molar-refractivity contribution in [3.63, 3.8) is 0 Å². The highest BCUT2D eigenvalue weighted by Crippen LogP contribution is 2.10. The van der Waals surface area contributed by atoms with Gasteiger partial charge in [-0.15, -0.1) is 0 Å². The van der Waals surface area contributed by atoms with Crippen LogP contribution >= 0.6 is 0 Å². The summed E-state index contributed by atoms with van der Waals surface area (Å²) >= 11 is 0. The summed E-state index contributed by atoms with van der Waals surface area (Å²) in [6, 6.07) is 0. The highest BCUT2D eigenvalue weighted by atomic mass is 16.7. The molecule has 0 aromatic heterocycles. The van der Waals surface area contributed by atoms with Crippen molar-refractivity contribution >= 4 is 5.97 Å². The van der Waals surface area contributed by atoms with Gasteiger partial charge < -0.3 is 9.47 Å². The largest absolute Gasteiger partial charge is 0.436 e. The zero-order valence-electron chi connectivity index (χ0n) is 18.9. The summed E-state index contributed by atoms with van der Waals surface area (Å²) in [6.45, 7) is 7.03. The maximum absolute atomic E-state index is 11.9. The van der Waals surface area contributed by atoms with Crippen LogP contribution in [0.5, 0.6) is 0 Å². The van der Waals surface area contributed by atoms with Crippen molar-refractivity contribution in [1.82, 2.24) is 0 Å². The molecule has 1 unspecified atom stereocenters. The number of carbonyl (C=O) groups excluding carboxylic acids is 1. The fraction of sp³-hybridized carbons (Fsp3) is 0.800. The van der Waals surface area contributed by atoms with E-state index >= 15 is 0 Å². The van der Waals surface area contributed by atoms with E-state index in [2.05, 4.69) is 38.2 Å². The molecule has 0 aliphatic carbocycles. The van der Waals surface area contributed by atoms with Gasteiger partial charge >= 0.3 is 5.97 Å². The zero-order chi connectivity index (χ0) is 20.7. The number of ether oxygens (including phenoxy) is 2. The molecule has 0 fully saturated rings. The maximum atomic E-state index is 11.9. The van der Waals surface area contributed by atoms with Crippen LogP contribution in [0.15, 0.2) is 24.3 Å². The van der Waals surface area contributed by atoms with Gasteiger partial charge in [-0.05, 0) is 44.9 Å². The predicted octanol–water partition coefficient (Wildman–Crippen LogP) is 7.90. The predicted molar refractivity (Wildman–Crippen MR) is 120 cm³/mol. The summed E-state index contributed by atoms with van der Waals surface area (Å²) in [6.07, 6.45) is 25.3. The Kier molecular flexibility index (Phi) is 21.3. The van der Waals surface area contributed by atoms with Gasteiger partial charge in [-0.3, -0.25) is 4.79 Å². The van der Waals surface area contributed by atoms with E-state index in [9.17, 15) is 4.79 Å². The lowest BCUT2D eigenvalue weighted by Crippen LogP contribution is -2.21. The van der Waals surface area contributed by atoms with Crippen LogP contribution in [0.1, 0.15) is 117 Å². The molecule has 0 amide bonds. The summed E-state index contributed by atoms with van der Waals surface area (Å²) in [7, 11) is 0. The molecule has 0 N–H and O–H groups in total. The summed E-state index contributed by atoms with van der Waals surface area (Å²) in [5.74, 6) is -0.117. The second-order valence-corrected chi connectivity index (χ2v) is 7.53. The lowest BCUT2D eigenvalue weighted by atomic mass is 10.1. The van der Waals surface area contributed by atoms with Crippen LogP contribution in [0, 0.1) is 0 Å². The standard InChI is InChI=1S/C25H46O3/c1-4-7-9-10-11-12-13-14-15-16-17-18-19-20-21-22-24(26)28-25(6-3)27-23-8-5-2/h11-12,14-15,25H,4-10,13,16-23H2,1-3H3/b12-11-,15-14-. The first-order valence-corrected chi connectivity index (χ1v) is 11.9. The third-order valence-electron chi connectivity index (χ3n) is 4.73. The van der Waals surface area contributed by atoms with E-state index in [1.807, 2.05) is 6.92 Å². The first-order chi connectivity index (χ1) is 13.7. The summed E-state index contributed by atoms with van der Waals surface area (Å²) < 4.78 is 11.0. The molecule has 3 nitrogen and oxygen atoms in total. The summed E-state index contributed by atoms with van der Waals surface area (Å²) in [5.41, 5.74) is 0. The first-order valence-electron chi connectivity index (χ1n) is 11.9. The van der Waals surface area contributed by atoms with Crippen molar-refractivity contribution in [3.8, 4) is 0 Å². The van der Waals surface area contributed by atoms with Gasteiger partial charge in [0.1, 0.15) is 0 Å². The molecule has 28 heavy (non-hydrogen) atoms. The highest BCUT2D eigenvalue weighted by molar-refractivity contribution is 5.69. The Morgan fingerprint density at radius 3 is 2.00 bits per heavy atom. The van der Waals surface area contributed by atoms with E-state index in [1.54, 1.807) is 0 Å². The molecular formula is C25H46O3. The Labute approximate surface area is 175 Å². The van der Waals surface area contributed by atoms with Gasteiger partial charge in [-0.2, -0.15) is 0 Å². The lowest BCUT2D eigenvalue weighted by molar-refractivity contribution is -0.179. The van der Waals surface area contributed by atoms with Crippen LogP contribution in [0.3, 0.4) is 0 Å². The third-order valence-corrected chi connectivity index (χ3v) is 4.73. The number of unbranched alkanes of at least 4 members (excludes halogenated alkanes) is 9. The molecule has 0 aromatic carbocycles. The number of hydrogen-bond donors (Lipinski definition) is 0. The summed E-state index contributed by atoms with van der Waals surface area (Å²) in [4.78, 5) is 11.9. The van der Waals surface area contributed by atoms with Crippen LogP contribution in [-0.4, -0.2) is 18.9 Å². The lowest BCUT2D eigenvalue weighted by Gasteiger charge is -2.16. The molecule has 0 aromatic rings. The molecule has 0 bridgehead atoms. The van der Waals surface area contributed by atoms with E-state index in [-0.39, 0.29) is 12.3 Å². The van der Waals surface area contributed by atoms with Crippen molar-refractivity contribution < 1.29 is 14.3 Å². The molecule has 164 valence electrons. The van der Waals surface area contributed by atoms with Crippen molar-refractivity contribution in [3.05, 3.63) is 24.3 Å². The van der Waals surface area contributed by atoms with Gasteiger partial charge in [0.25, 0.3) is 0 Å². The smallest absolute Gasteiger partial charge is 0.308 e. The normalized spacial score (nSPS) is 12.8. The molecule has 0 aliphatic rings. The molecule has 1 atom stereocenters. The molecular weight excluding hydrogens is 348 g/mol. The van der Waals surface area contributed by atoms with Crippen molar-refractivity contribution in [2.24, 2.45) is 0 Å². The number of esters is 1. The van der Waals surface area contributed by atoms with Crippen molar-refractivity contribution in [2.45, 2.75) is 123 Å². The van der Waals surface area contributed by atoms with Gasteiger partial charge in [0.05, 0.1) is 6.61 Å². The average molecular weight is 395 g/mol. The van der Waals surface area contributed by atoms with Gasteiger partial charge in [0, 0.05) is 12.8 Å². The van der Waals surface area contributed by atoms with E-state index in [1.165, 1.54) is 51.4 Å². The Morgan fingerprint density at radius 2 is 1.36 bits per heavy atom. The molecule has 0 aliphatic heterocycles. The van der Waals surface area contributed by atoms with Gasteiger partial charge in [-0.25, -0.2) is 0 Å². The number of rotatable bonds is 20. The second kappa shape index (κ2) is 22.2. The minimum Gasteiger partial charge on any atom is -0.436 e. The Hall–Kier alpha value is -1.09. The van der Waals surface area contributed by atoms with Gasteiger partial charge in [-0.1, -0.05) is 83.6 Å². The topological polar surface area (TPSA) is 35.5 Å². The van der Waals surface area contributed by atoms with Crippen molar-refractivity contribution in [2.75, 3.05) is 6.61 Å². The summed E-state index contributed by atoms with van der Waals surface area (Å²) in [5, 5.41) is 0. The maximum Gasteiger partial charge on any atom is 0.308 e. The number of hydrogen-bond acceptors (Lipinski definition) is 3. The van der Waals surface area contributed by atoms with E-state index in [4.69, 9.17) is 9.47 Å². The Bertz CT molecular complexity index is 387. The van der Waals surface area contributed by atoms with E-state index in [0.29, 0.717) is 13.0 Å². The molecule has 0 saturated heterocycles. The molecule has 0 saturated carbocycles. The molecule has 0 spiro atoms. The Balaban J connectivity index is 3.46. The van der Waals surface area contributed by atoms with Crippen LogP contribution in [0.25, 0.3) is 0 Å². The van der Waals surface area contributed by atoms with Gasteiger partial charge in [0.15, 0.2) is 0 Å². The van der Waals surface area contributed by atoms with Crippen LogP contribution in [0.2, 0.25) is 0 Å². The fourth-order valence-electron chi connectivity index (χ4n) is 2.88. The number of carbonyl (C=O) groups is 1. The van der Waals surface area contributed by atoms with Gasteiger partial charge in [0.2, 0.25) is 6.29 Å². The van der Waals surface area contributed by atoms with Crippen molar-refractivity contribution in [1.29, 1.82) is 0 Å². The minimum absolute atomic E-state index is 0.117. The van der Waals surface area contributed by atoms with Crippen LogP contribution in [-0.2, 0) is 14.3 Å². The van der Waals surface area contributed by atoms with E-state index < -0.39 is 0 Å². The molecule has 3 heteroatoms. The van der Waals surface area contributed by atoms with Crippen LogP contribution < -0.4 is 0 Å². The first kappa shape index (κ1) is 26.9. The number of allylic oxidation sites excluding steroid dienone is 4. The SMILES string of the molecule is CCCCC/C=C\C/C=C\CCCCCCCC(=O)OC(CC)OCCCC. The monoisotopic (exact) mass is 394 g/mol. The zero-order valence-corrected chi connectivity index (χ0v) is 18.9. The van der Waals surface area contributed by atoms with E-state index in [0.717, 1.165) is 38.5 Å². The highest BCUT2D eigenvalue weighted by Gasteiger charge is 2.12. The third kappa shape index (κ3) is 19.7.